The number of hydrogen-bond donors (Lipinski definition) is 1. The van der Waals surface area contributed by atoms with E-state index in [-0.39, 0.29) is 17.9 Å². The molecule has 1 saturated heterocycles. The van der Waals surface area contributed by atoms with Gasteiger partial charge in [0, 0.05) is 42.2 Å². The fraction of sp³-hybridized carbons (Fsp3) is 0.192. The number of thiocarbonyl (C=S) groups is 1. The highest BCUT2D eigenvalue weighted by atomic mass is 32.1. The summed E-state index contributed by atoms with van der Waals surface area (Å²) in [5.41, 5.74) is 6.34. The Bertz CT molecular complexity index is 1270. The quantitative estimate of drug-likeness (QED) is 0.418. The van der Waals surface area contributed by atoms with Crippen LogP contribution in [0.1, 0.15) is 40.3 Å². The van der Waals surface area contributed by atoms with Crippen molar-refractivity contribution in [2.45, 2.75) is 32.5 Å². The van der Waals surface area contributed by atoms with E-state index in [0.29, 0.717) is 11.7 Å². The summed E-state index contributed by atoms with van der Waals surface area (Å²) in [4.78, 5) is 11.0. The Labute approximate surface area is 197 Å². The number of aromatic nitrogens is 3. The molecule has 2 unspecified atom stereocenters. The highest BCUT2D eigenvalue weighted by molar-refractivity contribution is 7.80. The molecule has 1 aliphatic heterocycles. The van der Waals surface area contributed by atoms with Crippen LogP contribution in [0.3, 0.4) is 0 Å². The maximum Gasteiger partial charge on any atom is 0.170 e. The van der Waals surface area contributed by atoms with E-state index in [1.54, 1.807) is 12.4 Å². The largest absolute Gasteiger partial charge is 0.352 e. The van der Waals surface area contributed by atoms with Crippen LogP contribution in [0.2, 0.25) is 0 Å². The summed E-state index contributed by atoms with van der Waals surface area (Å²) in [5, 5.41) is 4.21. The topological polar surface area (TPSA) is 46.0 Å². The van der Waals surface area contributed by atoms with Crippen molar-refractivity contribution in [1.82, 2.24) is 24.8 Å². The van der Waals surface area contributed by atoms with E-state index in [0.717, 1.165) is 33.9 Å². The van der Waals surface area contributed by atoms with Gasteiger partial charge in [0.2, 0.25) is 0 Å². The van der Waals surface area contributed by atoms with Gasteiger partial charge in [-0.2, -0.15) is 0 Å². The van der Waals surface area contributed by atoms with Gasteiger partial charge in [-0.05, 0) is 91.8 Å². The number of hydrogen-bond acceptors (Lipinski definition) is 3. The van der Waals surface area contributed by atoms with E-state index in [9.17, 15) is 4.39 Å². The Hall–Kier alpha value is -3.58. The molecule has 0 amide bonds. The molecule has 0 bridgehead atoms. The number of aryl methyl sites for hydroxylation is 1. The first-order chi connectivity index (χ1) is 16.0. The van der Waals surface area contributed by atoms with Crippen molar-refractivity contribution in [1.29, 1.82) is 0 Å². The lowest BCUT2D eigenvalue weighted by Crippen LogP contribution is -2.29. The molecule has 2 atom stereocenters. The highest BCUT2D eigenvalue weighted by Crippen LogP contribution is 2.42. The molecule has 0 saturated carbocycles. The summed E-state index contributed by atoms with van der Waals surface area (Å²) in [5.74, 6) is -0.245. The van der Waals surface area contributed by atoms with Gasteiger partial charge >= 0.3 is 0 Å². The normalized spacial score (nSPS) is 17.9. The van der Waals surface area contributed by atoms with Crippen molar-refractivity contribution < 1.29 is 4.39 Å². The molecule has 1 N–H and O–H groups in total. The van der Waals surface area contributed by atoms with E-state index in [4.69, 9.17) is 12.2 Å². The first kappa shape index (κ1) is 21.3. The smallest absolute Gasteiger partial charge is 0.170 e. The van der Waals surface area contributed by atoms with Crippen LogP contribution in [0, 0.1) is 19.7 Å². The second-order valence-electron chi connectivity index (χ2n) is 8.25. The fourth-order valence-corrected chi connectivity index (χ4v) is 4.98. The second-order valence-corrected chi connectivity index (χ2v) is 8.63. The fourth-order valence-electron chi connectivity index (χ4n) is 4.67. The van der Waals surface area contributed by atoms with Crippen LogP contribution in [-0.2, 0) is 6.54 Å². The Morgan fingerprint density at radius 3 is 2.45 bits per heavy atom. The minimum Gasteiger partial charge on any atom is -0.352 e. The molecule has 5 nitrogen and oxygen atoms in total. The molecule has 1 aromatic carbocycles. The first-order valence-electron chi connectivity index (χ1n) is 10.8. The average molecular weight is 458 g/mol. The third kappa shape index (κ3) is 4.00. The molecule has 4 heterocycles. The van der Waals surface area contributed by atoms with Crippen molar-refractivity contribution in [3.8, 4) is 5.69 Å². The minimum atomic E-state index is -0.245. The number of benzene rings is 1. The molecular formula is C26H24FN5S. The number of nitrogens with zero attached hydrogens (tertiary/aromatic N) is 4. The van der Waals surface area contributed by atoms with Crippen molar-refractivity contribution >= 4 is 17.3 Å². The number of pyridine rings is 2. The van der Waals surface area contributed by atoms with E-state index in [1.165, 1.54) is 12.1 Å². The third-order valence-corrected chi connectivity index (χ3v) is 6.53. The molecule has 0 radical (unpaired) electrons. The third-order valence-electron chi connectivity index (χ3n) is 6.17. The highest BCUT2D eigenvalue weighted by Gasteiger charge is 2.41. The molecule has 7 heteroatoms. The monoisotopic (exact) mass is 457 g/mol. The molecule has 1 aliphatic rings. The predicted molar refractivity (Wildman–Crippen MR) is 130 cm³/mol. The van der Waals surface area contributed by atoms with Crippen molar-refractivity contribution in [2.75, 3.05) is 0 Å². The molecule has 1 fully saturated rings. The van der Waals surface area contributed by atoms with Gasteiger partial charge in [0.15, 0.2) is 5.11 Å². The van der Waals surface area contributed by atoms with Crippen LogP contribution in [0.15, 0.2) is 79.3 Å². The van der Waals surface area contributed by atoms with E-state index in [2.05, 4.69) is 44.7 Å². The van der Waals surface area contributed by atoms with Crippen LogP contribution < -0.4 is 5.32 Å². The molecule has 0 spiro atoms. The van der Waals surface area contributed by atoms with Crippen LogP contribution >= 0.6 is 12.2 Å². The zero-order chi connectivity index (χ0) is 22.9. The summed E-state index contributed by atoms with van der Waals surface area (Å²) in [6, 6.07) is 18.6. The van der Waals surface area contributed by atoms with Gasteiger partial charge in [-0.15, -0.1) is 0 Å². The average Bonchev–Trinajstić information content (AvgIpc) is 3.31. The standard InChI is InChI=1S/C26H24FN5S/c1-17-15-22(18(2)32(17)21-8-6-20(27)7-9-21)25-24(23-5-3-4-12-29-23)30-26(33)31(25)16-19-10-13-28-14-11-19/h3-15,24-25H,16H2,1-2H3,(H,30,33). The summed E-state index contributed by atoms with van der Waals surface area (Å²) in [6.07, 6.45) is 5.41. The number of nitrogens with one attached hydrogen (secondary N) is 1. The van der Waals surface area contributed by atoms with Crippen LogP contribution in [-0.4, -0.2) is 24.5 Å². The van der Waals surface area contributed by atoms with Crippen LogP contribution in [0.5, 0.6) is 0 Å². The lowest BCUT2D eigenvalue weighted by molar-refractivity contribution is 0.310. The van der Waals surface area contributed by atoms with Gasteiger partial charge < -0.3 is 14.8 Å². The molecular weight excluding hydrogens is 433 g/mol. The van der Waals surface area contributed by atoms with Gasteiger partial charge in [-0.25, -0.2) is 4.39 Å². The van der Waals surface area contributed by atoms with Crippen molar-refractivity contribution in [3.63, 3.8) is 0 Å². The Balaban J connectivity index is 1.61. The predicted octanol–water partition coefficient (Wildman–Crippen LogP) is 5.20. The summed E-state index contributed by atoms with van der Waals surface area (Å²) >= 11 is 5.81. The Morgan fingerprint density at radius 1 is 1.00 bits per heavy atom. The van der Waals surface area contributed by atoms with Crippen LogP contribution in [0.25, 0.3) is 5.69 Å². The van der Waals surface area contributed by atoms with E-state index < -0.39 is 0 Å². The molecule has 33 heavy (non-hydrogen) atoms. The molecule has 4 aromatic rings. The molecule has 5 rings (SSSR count). The molecule has 166 valence electrons. The minimum absolute atomic E-state index is 0.0547. The van der Waals surface area contributed by atoms with Crippen molar-refractivity contribution in [3.05, 3.63) is 113 Å². The number of halogens is 1. The summed E-state index contributed by atoms with van der Waals surface area (Å²) in [7, 11) is 0. The van der Waals surface area contributed by atoms with Gasteiger partial charge in [0.05, 0.1) is 17.8 Å². The van der Waals surface area contributed by atoms with Gasteiger partial charge in [0.25, 0.3) is 0 Å². The maximum absolute atomic E-state index is 13.5. The zero-order valence-electron chi connectivity index (χ0n) is 18.4. The first-order valence-corrected chi connectivity index (χ1v) is 11.3. The Morgan fingerprint density at radius 2 is 1.76 bits per heavy atom. The zero-order valence-corrected chi connectivity index (χ0v) is 19.3. The van der Waals surface area contributed by atoms with E-state index >= 15 is 0 Å². The molecule has 0 aliphatic carbocycles. The van der Waals surface area contributed by atoms with Gasteiger partial charge in [0.1, 0.15) is 5.82 Å². The van der Waals surface area contributed by atoms with Gasteiger partial charge in [-0.3, -0.25) is 9.97 Å². The SMILES string of the molecule is Cc1cc(C2C(c3ccccn3)NC(=S)N2Cc2ccncc2)c(C)n1-c1ccc(F)cc1. The second kappa shape index (κ2) is 8.75. The lowest BCUT2D eigenvalue weighted by Gasteiger charge is -2.28. The summed E-state index contributed by atoms with van der Waals surface area (Å²) < 4.78 is 15.7. The van der Waals surface area contributed by atoms with Crippen molar-refractivity contribution in [2.24, 2.45) is 0 Å². The van der Waals surface area contributed by atoms with Gasteiger partial charge in [-0.1, -0.05) is 6.07 Å². The molecule has 3 aromatic heterocycles. The van der Waals surface area contributed by atoms with E-state index in [1.807, 2.05) is 48.7 Å². The number of rotatable bonds is 5. The summed E-state index contributed by atoms with van der Waals surface area (Å²) in [6.45, 7) is 4.83. The Kier molecular flexibility index (Phi) is 5.64. The lowest BCUT2D eigenvalue weighted by atomic mass is 9.96. The van der Waals surface area contributed by atoms with Crippen LogP contribution in [0.4, 0.5) is 4.39 Å². The maximum atomic E-state index is 13.5.